The molecular weight excluding hydrogens is 521 g/mol. The highest BCUT2D eigenvalue weighted by Crippen LogP contribution is 2.44. The van der Waals surface area contributed by atoms with Crippen molar-refractivity contribution in [2.75, 3.05) is 20.8 Å². The Bertz CT molecular complexity index is 1280. The van der Waals surface area contributed by atoms with Gasteiger partial charge in [-0.1, -0.05) is 12.5 Å². The lowest BCUT2D eigenvalue weighted by molar-refractivity contribution is -0.263. The van der Waals surface area contributed by atoms with Gasteiger partial charge in [0.2, 0.25) is 11.8 Å². The molecule has 4 N–H and O–H groups in total. The van der Waals surface area contributed by atoms with Crippen LogP contribution in [0.5, 0.6) is 5.75 Å². The van der Waals surface area contributed by atoms with Crippen molar-refractivity contribution in [2.45, 2.75) is 62.4 Å². The zero-order valence-corrected chi connectivity index (χ0v) is 21.6. The number of rotatable bonds is 8. The number of methoxy groups -OCH3 is 2. The van der Waals surface area contributed by atoms with Crippen molar-refractivity contribution in [1.29, 1.82) is 0 Å². The largest absolute Gasteiger partial charge is 0.496 e. The fourth-order valence-corrected chi connectivity index (χ4v) is 5.47. The number of carbonyl (C=O) groups excluding carboxylic acids is 4. The molecule has 3 amide bonds. The van der Waals surface area contributed by atoms with Gasteiger partial charge in [0.1, 0.15) is 29.3 Å². The zero-order valence-electron chi connectivity index (χ0n) is 21.6. The van der Waals surface area contributed by atoms with Gasteiger partial charge in [-0.25, -0.2) is 0 Å². The van der Waals surface area contributed by atoms with Gasteiger partial charge in [0.25, 0.3) is 5.91 Å². The number of carbonyl (C=O) groups is 4. The number of nitrogens with two attached hydrogens (primary N) is 1. The highest BCUT2D eigenvalue weighted by Gasteiger charge is 2.64. The minimum atomic E-state index is -4.91. The van der Waals surface area contributed by atoms with Gasteiger partial charge in [-0.2, -0.15) is 13.2 Å². The van der Waals surface area contributed by atoms with Crippen molar-refractivity contribution in [1.82, 2.24) is 15.2 Å². The molecule has 1 aromatic heterocycles. The van der Waals surface area contributed by atoms with Crippen LogP contribution in [-0.2, 0) is 19.1 Å². The number of benzene rings is 1. The number of alkyl halides is 3. The first-order valence-electron chi connectivity index (χ1n) is 12.6. The minimum absolute atomic E-state index is 0.0517. The molecule has 39 heavy (non-hydrogen) atoms. The van der Waals surface area contributed by atoms with E-state index in [1.807, 2.05) is 0 Å². The first-order valence-corrected chi connectivity index (χ1v) is 12.6. The Balaban J connectivity index is 1.64. The van der Waals surface area contributed by atoms with E-state index in [0.717, 1.165) is 24.9 Å². The average molecular weight is 553 g/mol. The number of hydrogen-bond donors (Lipinski definition) is 3. The molecule has 0 radical (unpaired) electrons. The van der Waals surface area contributed by atoms with Crippen LogP contribution < -0.4 is 15.8 Å². The monoisotopic (exact) mass is 552 g/mol. The summed E-state index contributed by atoms with van der Waals surface area (Å²) in [5, 5.41) is 2.94. The summed E-state index contributed by atoms with van der Waals surface area (Å²) in [6.45, 7) is -0.946. The Hall–Kier alpha value is -3.61. The molecule has 2 aliphatic rings. The summed E-state index contributed by atoms with van der Waals surface area (Å²) in [7, 11) is 2.31. The molecule has 2 aromatic rings. The molecule has 2 heterocycles. The van der Waals surface area contributed by atoms with Gasteiger partial charge in [-0.05, 0) is 37.5 Å². The summed E-state index contributed by atoms with van der Waals surface area (Å²) in [6, 6.07) is 3.53. The summed E-state index contributed by atoms with van der Waals surface area (Å²) in [6.07, 6.45) is -3.46. The smallest absolute Gasteiger partial charge is 0.419 e. The molecule has 1 saturated carbocycles. The summed E-state index contributed by atoms with van der Waals surface area (Å²) >= 11 is 0. The summed E-state index contributed by atoms with van der Waals surface area (Å²) < 4.78 is 52.7. The molecule has 0 spiro atoms. The third kappa shape index (κ3) is 5.45. The molecule has 10 nitrogen and oxygen atoms in total. The van der Waals surface area contributed by atoms with Gasteiger partial charge in [-0.15, -0.1) is 0 Å². The third-order valence-electron chi connectivity index (χ3n) is 7.73. The molecule has 1 aliphatic heterocycles. The number of amides is 3. The van der Waals surface area contributed by atoms with Crippen molar-refractivity contribution in [3.63, 3.8) is 0 Å². The fourth-order valence-electron chi connectivity index (χ4n) is 5.47. The summed E-state index contributed by atoms with van der Waals surface area (Å²) in [4.78, 5) is 55.0. The Morgan fingerprint density at radius 1 is 1.26 bits per heavy atom. The number of fused-ring (bicyclic) bond motifs is 1. The van der Waals surface area contributed by atoms with E-state index >= 15 is 0 Å². The number of likely N-dealkylation sites (tertiary alicyclic amines) is 1. The van der Waals surface area contributed by atoms with E-state index in [1.54, 1.807) is 18.2 Å². The highest BCUT2D eigenvalue weighted by atomic mass is 19.4. The molecule has 1 aliphatic carbocycles. The second-order valence-corrected chi connectivity index (χ2v) is 10.1. The van der Waals surface area contributed by atoms with Crippen molar-refractivity contribution in [3.05, 3.63) is 30.0 Å². The predicted molar refractivity (Wildman–Crippen MR) is 133 cm³/mol. The van der Waals surface area contributed by atoms with E-state index in [0.29, 0.717) is 29.5 Å². The molecular formula is C26H31F3N4O6. The fraction of sp³-hybridized carbons (Fsp3) is 0.538. The number of aromatic amines is 1. The second kappa shape index (κ2) is 10.9. The van der Waals surface area contributed by atoms with Gasteiger partial charge >= 0.3 is 6.18 Å². The molecule has 1 saturated heterocycles. The van der Waals surface area contributed by atoms with Gasteiger partial charge in [0.05, 0.1) is 13.7 Å². The molecule has 2 fully saturated rings. The van der Waals surface area contributed by atoms with Crippen molar-refractivity contribution < 1.29 is 41.8 Å². The number of Topliss-reactive ketones (excluding diaryl/α,β-unsaturated/α-hetero) is 1. The lowest BCUT2D eigenvalue weighted by Crippen LogP contribution is -2.53. The molecule has 0 bridgehead atoms. The van der Waals surface area contributed by atoms with Gasteiger partial charge in [0, 0.05) is 36.8 Å². The highest BCUT2D eigenvalue weighted by molar-refractivity contribution is 6.02. The van der Waals surface area contributed by atoms with Gasteiger partial charge in [0.15, 0.2) is 5.60 Å². The lowest BCUT2D eigenvalue weighted by Gasteiger charge is -2.29. The van der Waals surface area contributed by atoms with E-state index in [4.69, 9.17) is 15.2 Å². The number of hydrogen-bond acceptors (Lipinski definition) is 6. The Kier molecular flexibility index (Phi) is 7.92. The molecule has 212 valence electrons. The van der Waals surface area contributed by atoms with E-state index in [1.165, 1.54) is 13.2 Å². The second-order valence-electron chi connectivity index (χ2n) is 10.1. The maximum Gasteiger partial charge on any atom is 0.419 e. The van der Waals surface area contributed by atoms with Gasteiger partial charge < -0.3 is 30.4 Å². The van der Waals surface area contributed by atoms with Gasteiger partial charge in [-0.3, -0.25) is 19.2 Å². The standard InChI is InChI=1S/C26H31F3N4O6/c1-38-21-9-5-7-16-15(21)11-18(31-16)24(37)33-13-25(39-2,26(27,28)29)12-19(33)23(36)32-17(22(30)35)10-14-6-3-4-8-20(14)34/h5,7,9,11,14,17,19,31H,3-4,6,8,10,12-13H2,1-2H3,(H2,30,35)(H,32,36)/t14-,17-,19-,25-/m0/s1. The van der Waals surface area contributed by atoms with Crippen LogP contribution in [0.1, 0.15) is 49.0 Å². The van der Waals surface area contributed by atoms with E-state index < -0.39 is 60.5 Å². The van der Waals surface area contributed by atoms with Crippen LogP contribution in [0, 0.1) is 5.92 Å². The average Bonchev–Trinajstić information content (AvgIpc) is 3.52. The molecule has 4 atom stereocenters. The normalized spacial score (nSPS) is 24.5. The van der Waals surface area contributed by atoms with Crippen molar-refractivity contribution >= 4 is 34.4 Å². The Morgan fingerprint density at radius 3 is 2.62 bits per heavy atom. The number of ether oxygens (including phenoxy) is 2. The summed E-state index contributed by atoms with van der Waals surface area (Å²) in [5.41, 5.74) is 3.13. The quantitative estimate of drug-likeness (QED) is 0.459. The Labute approximate surface area is 222 Å². The van der Waals surface area contributed by atoms with E-state index in [-0.39, 0.29) is 17.9 Å². The molecule has 0 unspecified atom stereocenters. The first-order chi connectivity index (χ1) is 18.4. The lowest BCUT2D eigenvalue weighted by atomic mass is 9.83. The maximum absolute atomic E-state index is 14.2. The number of primary amides is 1. The van der Waals surface area contributed by atoms with Crippen molar-refractivity contribution in [3.8, 4) is 5.75 Å². The zero-order chi connectivity index (χ0) is 28.5. The van der Waals surface area contributed by atoms with Crippen LogP contribution in [0.25, 0.3) is 10.9 Å². The molecule has 4 rings (SSSR count). The van der Waals surface area contributed by atoms with Crippen LogP contribution in [-0.4, -0.2) is 78.0 Å². The minimum Gasteiger partial charge on any atom is -0.496 e. The number of aromatic nitrogens is 1. The number of halogens is 3. The predicted octanol–water partition coefficient (Wildman–Crippen LogP) is 2.46. The number of ketones is 1. The topological polar surface area (TPSA) is 144 Å². The van der Waals surface area contributed by atoms with Crippen LogP contribution in [0.3, 0.4) is 0 Å². The maximum atomic E-state index is 14.2. The van der Waals surface area contributed by atoms with E-state index in [2.05, 4.69) is 10.3 Å². The van der Waals surface area contributed by atoms with Crippen LogP contribution in [0.4, 0.5) is 13.2 Å². The number of nitrogens with zero attached hydrogens (tertiary/aromatic N) is 1. The summed E-state index contributed by atoms with van der Waals surface area (Å²) in [5.74, 6) is -2.88. The van der Waals surface area contributed by atoms with Crippen LogP contribution in [0.2, 0.25) is 0 Å². The SMILES string of the molecule is COc1cccc2[nH]c(C(=O)N3C[C@](OC)(C(F)(F)F)C[C@H]3C(=O)N[C@@H](C[C@@H]3CCCCC3=O)C(N)=O)cc12. The van der Waals surface area contributed by atoms with E-state index in [9.17, 15) is 32.3 Å². The first kappa shape index (κ1) is 28.4. The van der Waals surface area contributed by atoms with Crippen molar-refractivity contribution in [2.24, 2.45) is 11.7 Å². The van der Waals surface area contributed by atoms with Crippen LogP contribution in [0.15, 0.2) is 24.3 Å². The molecule has 1 aromatic carbocycles. The number of nitrogens with one attached hydrogen (secondary N) is 2. The number of H-pyrrole nitrogens is 1. The van der Waals surface area contributed by atoms with Crippen LogP contribution >= 0.6 is 0 Å². The molecule has 13 heteroatoms. The third-order valence-corrected chi connectivity index (χ3v) is 7.73. The Morgan fingerprint density at radius 2 is 2.00 bits per heavy atom.